The minimum Gasteiger partial charge on any atom is -0.370 e. The van der Waals surface area contributed by atoms with Crippen LogP contribution < -0.4 is 11.5 Å². The molecule has 0 bridgehead atoms. The number of hydrogen-bond donors (Lipinski definition) is 2. The van der Waals surface area contributed by atoms with Gasteiger partial charge in [0.2, 0.25) is 5.91 Å². The highest BCUT2D eigenvalue weighted by Gasteiger charge is 2.29. The Morgan fingerprint density at radius 1 is 1.43 bits per heavy atom. The van der Waals surface area contributed by atoms with Crippen LogP contribution in [0.2, 0.25) is 0 Å². The second-order valence-corrected chi connectivity index (χ2v) is 6.01. The van der Waals surface area contributed by atoms with Crippen molar-refractivity contribution in [3.8, 4) is 0 Å². The van der Waals surface area contributed by atoms with Crippen molar-refractivity contribution in [2.24, 2.45) is 17.4 Å². The predicted octanol–water partition coefficient (Wildman–Crippen LogP) is 1.80. The van der Waals surface area contributed by atoms with Crippen LogP contribution in [0.4, 0.5) is 4.39 Å². The summed E-state index contributed by atoms with van der Waals surface area (Å²) in [5, 5.41) is 0. The van der Waals surface area contributed by atoms with Gasteiger partial charge in [-0.05, 0) is 56.5 Å². The van der Waals surface area contributed by atoms with E-state index in [2.05, 4.69) is 4.90 Å². The first kappa shape index (κ1) is 15.9. The molecule has 0 spiro atoms. The topological polar surface area (TPSA) is 72.3 Å². The number of primary amides is 1. The lowest BCUT2D eigenvalue weighted by Crippen LogP contribution is -2.44. The number of nitrogens with zero attached hydrogens (tertiary/aromatic N) is 1. The highest BCUT2D eigenvalue weighted by atomic mass is 19.1. The number of benzene rings is 1. The van der Waals surface area contributed by atoms with Gasteiger partial charge in [0.05, 0.1) is 0 Å². The Balaban J connectivity index is 2.06. The monoisotopic (exact) mass is 293 g/mol. The molecule has 2 rings (SSSR count). The van der Waals surface area contributed by atoms with E-state index < -0.39 is 0 Å². The molecule has 2 atom stereocenters. The van der Waals surface area contributed by atoms with Gasteiger partial charge in [-0.2, -0.15) is 0 Å². The second-order valence-electron chi connectivity index (χ2n) is 6.01. The molecular weight excluding hydrogens is 269 g/mol. The summed E-state index contributed by atoms with van der Waals surface area (Å²) in [5.41, 5.74) is 12.3. The number of rotatable bonds is 5. The van der Waals surface area contributed by atoms with Crippen LogP contribution in [0.5, 0.6) is 0 Å². The third kappa shape index (κ3) is 4.25. The number of carbonyl (C=O) groups is 1. The Labute approximate surface area is 125 Å². The Morgan fingerprint density at radius 2 is 2.10 bits per heavy atom. The van der Waals surface area contributed by atoms with Crippen molar-refractivity contribution in [1.29, 1.82) is 0 Å². The number of carbonyl (C=O) groups excluding carboxylic acids is 1. The molecule has 1 aromatic carbocycles. The molecule has 5 heteroatoms. The van der Waals surface area contributed by atoms with E-state index in [4.69, 9.17) is 11.5 Å². The molecule has 1 aromatic rings. The second kappa shape index (κ2) is 7.00. The molecule has 116 valence electrons. The zero-order valence-corrected chi connectivity index (χ0v) is 12.5. The number of piperidine rings is 1. The average molecular weight is 293 g/mol. The average Bonchev–Trinajstić information content (AvgIpc) is 2.40. The number of nitrogens with two attached hydrogens (primary N) is 2. The van der Waals surface area contributed by atoms with Crippen molar-refractivity contribution in [1.82, 2.24) is 4.90 Å². The van der Waals surface area contributed by atoms with E-state index in [1.807, 2.05) is 13.0 Å². The van der Waals surface area contributed by atoms with Gasteiger partial charge >= 0.3 is 0 Å². The minimum absolute atomic E-state index is 0.00947. The molecule has 0 saturated carbocycles. The van der Waals surface area contributed by atoms with Crippen LogP contribution in [0.25, 0.3) is 0 Å². The third-order valence-corrected chi connectivity index (χ3v) is 4.22. The van der Waals surface area contributed by atoms with E-state index in [-0.39, 0.29) is 23.8 Å². The van der Waals surface area contributed by atoms with Gasteiger partial charge in [-0.15, -0.1) is 0 Å². The molecule has 0 aromatic heterocycles. The molecule has 4 nitrogen and oxygen atoms in total. The fourth-order valence-corrected chi connectivity index (χ4v) is 3.26. The Morgan fingerprint density at radius 3 is 2.62 bits per heavy atom. The molecule has 21 heavy (non-hydrogen) atoms. The number of hydrogen-bond acceptors (Lipinski definition) is 3. The number of amides is 1. The third-order valence-electron chi connectivity index (χ3n) is 4.22. The molecule has 2 unspecified atom stereocenters. The highest BCUT2D eigenvalue weighted by molar-refractivity contribution is 5.73. The van der Waals surface area contributed by atoms with Gasteiger partial charge in [0.15, 0.2) is 0 Å². The van der Waals surface area contributed by atoms with Crippen molar-refractivity contribution >= 4 is 5.91 Å². The largest absolute Gasteiger partial charge is 0.370 e. The van der Waals surface area contributed by atoms with Crippen LogP contribution in [0, 0.1) is 11.7 Å². The first-order valence-electron chi connectivity index (χ1n) is 7.50. The van der Waals surface area contributed by atoms with Crippen molar-refractivity contribution < 1.29 is 9.18 Å². The molecule has 1 aliphatic heterocycles. The summed E-state index contributed by atoms with van der Waals surface area (Å²) in [6.07, 6.45) is 2.32. The summed E-state index contributed by atoms with van der Waals surface area (Å²) in [6.45, 7) is 3.67. The summed E-state index contributed by atoms with van der Waals surface area (Å²) >= 11 is 0. The van der Waals surface area contributed by atoms with Gasteiger partial charge in [0.25, 0.3) is 0 Å². The van der Waals surface area contributed by atoms with Gasteiger partial charge in [0, 0.05) is 18.5 Å². The Kier molecular flexibility index (Phi) is 5.31. The van der Waals surface area contributed by atoms with E-state index >= 15 is 0 Å². The van der Waals surface area contributed by atoms with E-state index in [1.54, 1.807) is 12.1 Å². The van der Waals surface area contributed by atoms with Crippen molar-refractivity contribution in [3.63, 3.8) is 0 Å². The molecule has 1 fully saturated rings. The molecule has 0 radical (unpaired) electrons. The van der Waals surface area contributed by atoms with Gasteiger partial charge in [-0.3, -0.25) is 9.69 Å². The smallest absolute Gasteiger partial charge is 0.217 e. The Bertz CT molecular complexity index is 484. The van der Waals surface area contributed by atoms with Crippen molar-refractivity contribution in [2.75, 3.05) is 13.1 Å². The van der Waals surface area contributed by atoms with Crippen LogP contribution in [0.15, 0.2) is 24.3 Å². The predicted molar refractivity (Wildman–Crippen MR) is 80.9 cm³/mol. The maximum absolute atomic E-state index is 13.5. The summed E-state index contributed by atoms with van der Waals surface area (Å²) in [4.78, 5) is 13.3. The van der Waals surface area contributed by atoms with Gasteiger partial charge in [0.1, 0.15) is 5.82 Å². The number of likely N-dealkylation sites (tertiary alicyclic amines) is 1. The standard InChI is InChI=1S/C16H24FN3O/c1-11(18)16(13-3-2-4-14(17)10-13)20-7-5-12(6-8-20)9-15(19)21/h2-4,10-12,16H,5-9,18H2,1H3,(H2,19,21). The molecule has 1 heterocycles. The fraction of sp³-hybridized carbons (Fsp3) is 0.562. The zero-order valence-electron chi connectivity index (χ0n) is 12.5. The van der Waals surface area contributed by atoms with Gasteiger partial charge in [-0.25, -0.2) is 4.39 Å². The van der Waals surface area contributed by atoms with Crippen LogP contribution in [0.3, 0.4) is 0 Å². The van der Waals surface area contributed by atoms with Crippen molar-refractivity contribution in [3.05, 3.63) is 35.6 Å². The van der Waals surface area contributed by atoms with Gasteiger partial charge < -0.3 is 11.5 Å². The summed E-state index contributed by atoms with van der Waals surface area (Å²) < 4.78 is 13.5. The normalized spacial score (nSPS) is 20.1. The lowest BCUT2D eigenvalue weighted by molar-refractivity contribution is -0.119. The maximum Gasteiger partial charge on any atom is 0.217 e. The zero-order chi connectivity index (χ0) is 15.4. The highest BCUT2D eigenvalue weighted by Crippen LogP contribution is 2.30. The summed E-state index contributed by atoms with van der Waals surface area (Å²) in [6, 6.07) is 6.58. The number of halogens is 1. The Hall–Kier alpha value is -1.46. The lowest BCUT2D eigenvalue weighted by atomic mass is 9.90. The quantitative estimate of drug-likeness (QED) is 0.869. The van der Waals surface area contributed by atoms with E-state index in [9.17, 15) is 9.18 Å². The molecule has 0 aliphatic carbocycles. The summed E-state index contributed by atoms with van der Waals surface area (Å²) in [7, 11) is 0. The van der Waals surface area contributed by atoms with E-state index in [0.717, 1.165) is 31.5 Å². The first-order chi connectivity index (χ1) is 9.97. The minimum atomic E-state index is -0.234. The molecule has 1 saturated heterocycles. The van der Waals surface area contributed by atoms with Crippen LogP contribution in [0.1, 0.15) is 37.8 Å². The van der Waals surface area contributed by atoms with Crippen LogP contribution in [-0.4, -0.2) is 29.9 Å². The molecule has 1 amide bonds. The van der Waals surface area contributed by atoms with E-state index in [0.29, 0.717) is 12.3 Å². The van der Waals surface area contributed by atoms with Crippen molar-refractivity contribution in [2.45, 2.75) is 38.3 Å². The van der Waals surface area contributed by atoms with Crippen LogP contribution >= 0.6 is 0 Å². The van der Waals surface area contributed by atoms with Crippen LogP contribution in [-0.2, 0) is 4.79 Å². The van der Waals surface area contributed by atoms with E-state index in [1.165, 1.54) is 6.07 Å². The maximum atomic E-state index is 13.5. The SMILES string of the molecule is CC(N)C(c1cccc(F)c1)N1CCC(CC(N)=O)CC1. The summed E-state index contributed by atoms with van der Waals surface area (Å²) in [5.74, 6) is -0.107. The molecule has 4 N–H and O–H groups in total. The fourth-order valence-electron chi connectivity index (χ4n) is 3.26. The van der Waals surface area contributed by atoms with Gasteiger partial charge in [-0.1, -0.05) is 12.1 Å². The first-order valence-corrected chi connectivity index (χ1v) is 7.50. The molecular formula is C16H24FN3O. The lowest BCUT2D eigenvalue weighted by Gasteiger charge is -2.39. The molecule has 1 aliphatic rings.